The third-order valence-electron chi connectivity index (χ3n) is 2.55. The van der Waals surface area contributed by atoms with Crippen LogP contribution in [0, 0.1) is 6.92 Å². The van der Waals surface area contributed by atoms with Gasteiger partial charge in [-0.15, -0.1) is 0 Å². The van der Waals surface area contributed by atoms with Crippen molar-refractivity contribution in [1.82, 2.24) is 5.32 Å². The SMILES string of the molecule is COC(=O)CCNC(=O)CCOc1ccc(C)cc1Br. The minimum atomic E-state index is -0.342. The molecular formula is C14H18BrNO4. The Morgan fingerprint density at radius 3 is 2.70 bits per heavy atom. The number of hydrogen-bond acceptors (Lipinski definition) is 4. The topological polar surface area (TPSA) is 64.6 Å². The summed E-state index contributed by atoms with van der Waals surface area (Å²) in [6.07, 6.45) is 0.411. The molecule has 0 aliphatic rings. The third-order valence-corrected chi connectivity index (χ3v) is 3.17. The largest absolute Gasteiger partial charge is 0.492 e. The van der Waals surface area contributed by atoms with Gasteiger partial charge in [0.05, 0.1) is 31.0 Å². The van der Waals surface area contributed by atoms with Gasteiger partial charge in [0.1, 0.15) is 5.75 Å². The Bertz CT molecular complexity index is 476. The second-order valence-corrected chi connectivity index (χ2v) is 5.06. The van der Waals surface area contributed by atoms with Gasteiger partial charge in [0.2, 0.25) is 5.91 Å². The summed E-state index contributed by atoms with van der Waals surface area (Å²) in [6.45, 7) is 2.55. The van der Waals surface area contributed by atoms with E-state index in [9.17, 15) is 9.59 Å². The van der Waals surface area contributed by atoms with Gasteiger partial charge in [-0.25, -0.2) is 0 Å². The van der Waals surface area contributed by atoms with E-state index in [0.717, 1.165) is 10.0 Å². The molecule has 0 unspecified atom stereocenters. The van der Waals surface area contributed by atoms with E-state index >= 15 is 0 Å². The zero-order valence-electron chi connectivity index (χ0n) is 11.6. The Labute approximate surface area is 126 Å². The molecule has 20 heavy (non-hydrogen) atoms. The van der Waals surface area contributed by atoms with Crippen LogP contribution in [0.5, 0.6) is 5.75 Å². The molecule has 0 aliphatic carbocycles. The zero-order valence-corrected chi connectivity index (χ0v) is 13.2. The number of ether oxygens (including phenoxy) is 2. The lowest BCUT2D eigenvalue weighted by Gasteiger charge is -2.09. The number of carbonyl (C=O) groups is 2. The van der Waals surface area contributed by atoms with Crippen LogP contribution < -0.4 is 10.1 Å². The summed E-state index contributed by atoms with van der Waals surface area (Å²) >= 11 is 3.40. The lowest BCUT2D eigenvalue weighted by molar-refractivity contribution is -0.140. The Morgan fingerprint density at radius 2 is 2.05 bits per heavy atom. The molecule has 0 bridgehead atoms. The van der Waals surface area contributed by atoms with Crippen molar-refractivity contribution < 1.29 is 19.1 Å². The summed E-state index contributed by atoms with van der Waals surface area (Å²) in [6, 6.07) is 5.75. The molecule has 0 saturated carbocycles. The molecule has 1 N–H and O–H groups in total. The lowest BCUT2D eigenvalue weighted by atomic mass is 10.2. The molecule has 110 valence electrons. The molecular weight excluding hydrogens is 326 g/mol. The van der Waals surface area contributed by atoms with Crippen LogP contribution in [0.2, 0.25) is 0 Å². The minimum absolute atomic E-state index is 0.155. The van der Waals surface area contributed by atoms with Crippen molar-refractivity contribution >= 4 is 27.8 Å². The van der Waals surface area contributed by atoms with Crippen molar-refractivity contribution in [3.8, 4) is 5.75 Å². The van der Waals surface area contributed by atoms with Crippen molar-refractivity contribution in [2.24, 2.45) is 0 Å². The quantitative estimate of drug-likeness (QED) is 0.771. The highest BCUT2D eigenvalue weighted by molar-refractivity contribution is 9.10. The van der Waals surface area contributed by atoms with Crippen LogP contribution in [0.15, 0.2) is 22.7 Å². The van der Waals surface area contributed by atoms with Crippen LogP contribution in [0.3, 0.4) is 0 Å². The first-order valence-electron chi connectivity index (χ1n) is 6.25. The summed E-state index contributed by atoms with van der Waals surface area (Å²) in [5.74, 6) is 0.209. The normalized spacial score (nSPS) is 9.95. The first-order valence-corrected chi connectivity index (χ1v) is 7.04. The van der Waals surface area contributed by atoms with Crippen LogP contribution in [-0.4, -0.2) is 32.1 Å². The lowest BCUT2D eigenvalue weighted by Crippen LogP contribution is -2.27. The zero-order chi connectivity index (χ0) is 15.0. The number of aryl methyl sites for hydroxylation is 1. The number of halogens is 1. The second-order valence-electron chi connectivity index (χ2n) is 4.21. The fourth-order valence-corrected chi connectivity index (χ4v) is 2.08. The number of methoxy groups -OCH3 is 1. The molecule has 5 nitrogen and oxygen atoms in total. The average molecular weight is 344 g/mol. The van der Waals surface area contributed by atoms with E-state index in [4.69, 9.17) is 4.74 Å². The van der Waals surface area contributed by atoms with Gasteiger partial charge < -0.3 is 14.8 Å². The van der Waals surface area contributed by atoms with E-state index in [1.807, 2.05) is 25.1 Å². The van der Waals surface area contributed by atoms with Gasteiger partial charge in [0, 0.05) is 6.54 Å². The number of rotatable bonds is 7. The number of benzene rings is 1. The summed E-state index contributed by atoms with van der Waals surface area (Å²) < 4.78 is 10.8. The van der Waals surface area contributed by atoms with Crippen LogP contribution in [-0.2, 0) is 14.3 Å². The molecule has 0 heterocycles. The monoisotopic (exact) mass is 343 g/mol. The average Bonchev–Trinajstić information content (AvgIpc) is 2.41. The van der Waals surface area contributed by atoms with E-state index in [1.165, 1.54) is 7.11 Å². The Kier molecular flexibility index (Phi) is 7.08. The molecule has 0 fully saturated rings. The van der Waals surface area contributed by atoms with Crippen molar-refractivity contribution in [2.75, 3.05) is 20.3 Å². The molecule has 6 heteroatoms. The summed E-state index contributed by atoms with van der Waals surface area (Å²) in [7, 11) is 1.32. The minimum Gasteiger partial charge on any atom is -0.492 e. The van der Waals surface area contributed by atoms with Crippen molar-refractivity contribution in [2.45, 2.75) is 19.8 Å². The molecule has 0 saturated heterocycles. The van der Waals surface area contributed by atoms with Gasteiger partial charge in [-0.2, -0.15) is 0 Å². The molecule has 0 aliphatic heterocycles. The van der Waals surface area contributed by atoms with E-state index in [0.29, 0.717) is 5.75 Å². The first-order chi connectivity index (χ1) is 9.52. The summed E-state index contributed by atoms with van der Waals surface area (Å²) in [5.41, 5.74) is 1.13. The van der Waals surface area contributed by atoms with Crippen LogP contribution in [0.25, 0.3) is 0 Å². The molecule has 1 aromatic rings. The molecule has 1 amide bonds. The number of carbonyl (C=O) groups excluding carboxylic acids is 2. The van der Waals surface area contributed by atoms with Gasteiger partial charge in [0.25, 0.3) is 0 Å². The van der Waals surface area contributed by atoms with E-state index in [-0.39, 0.29) is 37.9 Å². The fourth-order valence-electron chi connectivity index (χ4n) is 1.47. The van der Waals surface area contributed by atoms with E-state index < -0.39 is 0 Å². The fraction of sp³-hybridized carbons (Fsp3) is 0.429. The highest BCUT2D eigenvalue weighted by Crippen LogP contribution is 2.25. The molecule has 0 atom stereocenters. The maximum atomic E-state index is 11.5. The van der Waals surface area contributed by atoms with Gasteiger partial charge in [-0.1, -0.05) is 6.07 Å². The van der Waals surface area contributed by atoms with E-state index in [1.54, 1.807) is 0 Å². The third kappa shape index (κ3) is 6.06. The second kappa shape index (κ2) is 8.58. The van der Waals surface area contributed by atoms with Crippen LogP contribution >= 0.6 is 15.9 Å². The van der Waals surface area contributed by atoms with E-state index in [2.05, 4.69) is 26.0 Å². The Hall–Kier alpha value is -1.56. The maximum Gasteiger partial charge on any atom is 0.307 e. The van der Waals surface area contributed by atoms with Gasteiger partial charge in [0.15, 0.2) is 0 Å². The smallest absolute Gasteiger partial charge is 0.307 e. The molecule has 0 aromatic heterocycles. The molecule has 1 aromatic carbocycles. The number of amides is 1. The number of hydrogen-bond donors (Lipinski definition) is 1. The number of esters is 1. The number of nitrogens with one attached hydrogen (secondary N) is 1. The molecule has 0 spiro atoms. The summed E-state index contributed by atoms with van der Waals surface area (Å²) in [5, 5.41) is 2.63. The highest BCUT2D eigenvalue weighted by Gasteiger charge is 2.05. The standard InChI is InChI=1S/C14H18BrNO4/c1-10-3-4-12(11(15)9-10)20-8-6-13(17)16-7-5-14(18)19-2/h3-4,9H,5-8H2,1-2H3,(H,16,17). The van der Waals surface area contributed by atoms with Crippen molar-refractivity contribution in [1.29, 1.82) is 0 Å². The van der Waals surface area contributed by atoms with Gasteiger partial charge >= 0.3 is 5.97 Å². The maximum absolute atomic E-state index is 11.5. The first kappa shape index (κ1) is 16.5. The Balaban J connectivity index is 2.23. The molecule has 0 radical (unpaired) electrons. The van der Waals surface area contributed by atoms with Gasteiger partial charge in [-0.05, 0) is 40.5 Å². The highest BCUT2D eigenvalue weighted by atomic mass is 79.9. The van der Waals surface area contributed by atoms with Crippen LogP contribution in [0.4, 0.5) is 0 Å². The van der Waals surface area contributed by atoms with Crippen molar-refractivity contribution in [3.63, 3.8) is 0 Å². The predicted molar refractivity (Wildman–Crippen MR) is 78.6 cm³/mol. The van der Waals surface area contributed by atoms with Crippen LogP contribution in [0.1, 0.15) is 18.4 Å². The molecule has 1 rings (SSSR count). The van der Waals surface area contributed by atoms with Gasteiger partial charge in [-0.3, -0.25) is 9.59 Å². The van der Waals surface area contributed by atoms with Crippen molar-refractivity contribution in [3.05, 3.63) is 28.2 Å². The predicted octanol–water partition coefficient (Wildman–Crippen LogP) is 2.21. The Morgan fingerprint density at radius 1 is 1.30 bits per heavy atom. The summed E-state index contributed by atoms with van der Waals surface area (Å²) in [4.78, 5) is 22.3.